The Morgan fingerprint density at radius 2 is 2.12 bits per heavy atom. The van der Waals surface area contributed by atoms with Crippen molar-refractivity contribution in [3.05, 3.63) is 34.5 Å². The Bertz CT molecular complexity index is 852. The molecule has 24 heavy (non-hydrogen) atoms. The fourth-order valence-corrected chi connectivity index (χ4v) is 6.02. The maximum Gasteiger partial charge on any atom is 0.252 e. The van der Waals surface area contributed by atoms with Gasteiger partial charge in [-0.1, -0.05) is 0 Å². The van der Waals surface area contributed by atoms with Gasteiger partial charge in [0.25, 0.3) is 10.0 Å². The minimum atomic E-state index is -3.47. The summed E-state index contributed by atoms with van der Waals surface area (Å²) in [5.41, 5.74) is 1.54. The van der Waals surface area contributed by atoms with Gasteiger partial charge < -0.3 is 5.11 Å². The number of nitrogens with zero attached hydrogens (tertiary/aromatic N) is 3. The molecule has 6 nitrogen and oxygen atoms in total. The Morgan fingerprint density at radius 1 is 1.33 bits per heavy atom. The highest BCUT2D eigenvalue weighted by atomic mass is 32.2. The molecular formula is C16H21N3O3S2. The van der Waals surface area contributed by atoms with Gasteiger partial charge in [0.05, 0.1) is 17.9 Å². The lowest BCUT2D eigenvalue weighted by Gasteiger charge is -2.18. The summed E-state index contributed by atoms with van der Waals surface area (Å²) >= 11 is 1.31. The van der Waals surface area contributed by atoms with E-state index in [0.29, 0.717) is 35.5 Å². The number of hydrogen-bond donors (Lipinski definition) is 1. The van der Waals surface area contributed by atoms with Crippen LogP contribution in [0.5, 0.6) is 0 Å². The first-order valence-corrected chi connectivity index (χ1v) is 10.5. The summed E-state index contributed by atoms with van der Waals surface area (Å²) in [5.74, 6) is 0.318. The van der Waals surface area contributed by atoms with Crippen molar-refractivity contribution in [2.45, 2.75) is 49.6 Å². The van der Waals surface area contributed by atoms with Gasteiger partial charge in [0, 0.05) is 18.0 Å². The van der Waals surface area contributed by atoms with Crippen LogP contribution in [0, 0.1) is 12.8 Å². The number of hydrogen-bond acceptors (Lipinski definition) is 5. The van der Waals surface area contributed by atoms with Crippen molar-refractivity contribution in [3.8, 4) is 0 Å². The molecule has 2 aromatic heterocycles. The minimum absolute atomic E-state index is 0.309. The second-order valence-electron chi connectivity index (χ2n) is 6.62. The number of fused-ring (bicyclic) bond motifs is 1. The Hall–Kier alpha value is -1.22. The number of aliphatic hydroxyl groups is 1. The van der Waals surface area contributed by atoms with Gasteiger partial charge in [-0.05, 0) is 50.3 Å². The van der Waals surface area contributed by atoms with Gasteiger partial charge >= 0.3 is 0 Å². The van der Waals surface area contributed by atoms with E-state index in [0.717, 1.165) is 29.8 Å². The lowest BCUT2D eigenvalue weighted by Crippen LogP contribution is -2.30. The van der Waals surface area contributed by atoms with Crippen LogP contribution in [0.1, 0.15) is 41.6 Å². The number of thiophene rings is 1. The van der Waals surface area contributed by atoms with Crippen LogP contribution in [0.25, 0.3) is 0 Å². The smallest absolute Gasteiger partial charge is 0.252 e. The van der Waals surface area contributed by atoms with Gasteiger partial charge in [-0.2, -0.15) is 9.40 Å². The summed E-state index contributed by atoms with van der Waals surface area (Å²) in [5, 5.41) is 14.8. The lowest BCUT2D eigenvalue weighted by atomic mass is 10.1. The average molecular weight is 367 g/mol. The quantitative estimate of drug-likeness (QED) is 0.900. The Morgan fingerprint density at radius 3 is 2.79 bits per heavy atom. The first kappa shape index (κ1) is 16.3. The van der Waals surface area contributed by atoms with Crippen molar-refractivity contribution < 1.29 is 13.5 Å². The van der Waals surface area contributed by atoms with Crippen molar-refractivity contribution >= 4 is 21.4 Å². The van der Waals surface area contributed by atoms with E-state index < -0.39 is 16.1 Å². The maximum atomic E-state index is 12.9. The topological polar surface area (TPSA) is 75.4 Å². The van der Waals surface area contributed by atoms with E-state index in [2.05, 4.69) is 5.10 Å². The Kier molecular flexibility index (Phi) is 4.03. The molecular weight excluding hydrogens is 346 g/mol. The van der Waals surface area contributed by atoms with Gasteiger partial charge in [0.1, 0.15) is 10.3 Å². The molecule has 0 radical (unpaired) electrons. The highest BCUT2D eigenvalue weighted by Crippen LogP contribution is 2.40. The Labute approximate surface area is 145 Å². The van der Waals surface area contributed by atoms with Gasteiger partial charge in [0.2, 0.25) is 0 Å². The van der Waals surface area contributed by atoms with Gasteiger partial charge in [0.15, 0.2) is 0 Å². The molecule has 1 fully saturated rings. The summed E-state index contributed by atoms with van der Waals surface area (Å²) in [6.45, 7) is 3.39. The lowest BCUT2D eigenvalue weighted by molar-refractivity contribution is 0.148. The summed E-state index contributed by atoms with van der Waals surface area (Å²) in [6.07, 6.45) is 2.29. The minimum Gasteiger partial charge on any atom is -0.386 e. The molecule has 0 bridgehead atoms. The monoisotopic (exact) mass is 367 g/mol. The molecule has 3 heterocycles. The summed E-state index contributed by atoms with van der Waals surface area (Å²) in [4.78, 5) is 0.989. The standard InChI is InChI=1S/C16H21N3O3S2/c1-11-3-6-15(23-11)24(21,22)18-7-2-8-19-13(10-18)9-14(17-19)16(20)12-4-5-12/h3,6,9,12,16,20H,2,4-5,7-8,10H2,1H3. The fourth-order valence-electron chi connectivity index (χ4n) is 3.14. The van der Waals surface area contributed by atoms with E-state index in [9.17, 15) is 13.5 Å². The van der Waals surface area contributed by atoms with Crippen molar-refractivity contribution in [2.75, 3.05) is 6.54 Å². The zero-order valence-corrected chi connectivity index (χ0v) is 15.2. The SMILES string of the molecule is Cc1ccc(S(=O)(=O)N2CCCn3nc(C(O)C4CC4)cc3C2)s1. The van der Waals surface area contributed by atoms with E-state index in [-0.39, 0.29) is 0 Å². The van der Waals surface area contributed by atoms with Crippen molar-refractivity contribution in [1.29, 1.82) is 0 Å². The van der Waals surface area contributed by atoms with Crippen LogP contribution in [-0.2, 0) is 23.1 Å². The van der Waals surface area contributed by atoms with E-state index in [4.69, 9.17) is 0 Å². The van der Waals surface area contributed by atoms with Crippen LogP contribution in [0.4, 0.5) is 0 Å². The van der Waals surface area contributed by atoms with E-state index in [1.165, 1.54) is 15.6 Å². The summed E-state index contributed by atoms with van der Waals surface area (Å²) in [7, 11) is -3.47. The Balaban J connectivity index is 1.61. The molecule has 1 saturated carbocycles. The highest BCUT2D eigenvalue weighted by Gasteiger charge is 2.34. The number of aliphatic hydroxyl groups excluding tert-OH is 1. The zero-order chi connectivity index (χ0) is 16.9. The molecule has 1 N–H and O–H groups in total. The first-order valence-electron chi connectivity index (χ1n) is 8.26. The third-order valence-corrected chi connectivity index (χ3v) is 7.99. The van der Waals surface area contributed by atoms with Crippen LogP contribution in [0.3, 0.4) is 0 Å². The molecule has 2 aliphatic rings. The highest BCUT2D eigenvalue weighted by molar-refractivity contribution is 7.91. The molecule has 1 atom stereocenters. The molecule has 0 spiro atoms. The second kappa shape index (κ2) is 5.94. The molecule has 8 heteroatoms. The van der Waals surface area contributed by atoms with Crippen molar-refractivity contribution in [2.24, 2.45) is 5.92 Å². The van der Waals surface area contributed by atoms with Crippen LogP contribution >= 0.6 is 11.3 Å². The number of sulfonamides is 1. The normalized spacial score (nSPS) is 20.6. The van der Waals surface area contributed by atoms with E-state index >= 15 is 0 Å². The number of aromatic nitrogens is 2. The van der Waals surface area contributed by atoms with Gasteiger partial charge in [-0.15, -0.1) is 11.3 Å². The fraction of sp³-hybridized carbons (Fsp3) is 0.562. The largest absolute Gasteiger partial charge is 0.386 e. The van der Waals surface area contributed by atoms with E-state index in [1.807, 2.05) is 23.7 Å². The van der Waals surface area contributed by atoms with Gasteiger partial charge in [-0.3, -0.25) is 4.68 Å². The number of aryl methyl sites for hydroxylation is 2. The third-order valence-electron chi connectivity index (χ3n) is 4.68. The van der Waals surface area contributed by atoms with Crippen molar-refractivity contribution in [1.82, 2.24) is 14.1 Å². The van der Waals surface area contributed by atoms with Crippen LogP contribution < -0.4 is 0 Å². The summed E-state index contributed by atoms with van der Waals surface area (Å²) in [6, 6.07) is 5.39. The maximum absolute atomic E-state index is 12.9. The molecule has 1 aliphatic heterocycles. The summed E-state index contributed by atoms with van der Waals surface area (Å²) < 4.78 is 29.5. The zero-order valence-electron chi connectivity index (χ0n) is 13.6. The van der Waals surface area contributed by atoms with Crippen LogP contribution in [0.15, 0.2) is 22.4 Å². The molecule has 0 amide bonds. The molecule has 130 valence electrons. The van der Waals surface area contributed by atoms with Crippen LogP contribution in [0.2, 0.25) is 0 Å². The molecule has 0 saturated heterocycles. The third kappa shape index (κ3) is 2.92. The molecule has 4 rings (SSSR count). The van der Waals surface area contributed by atoms with E-state index in [1.54, 1.807) is 6.07 Å². The van der Waals surface area contributed by atoms with Gasteiger partial charge in [-0.25, -0.2) is 8.42 Å². The van der Waals surface area contributed by atoms with Crippen molar-refractivity contribution in [3.63, 3.8) is 0 Å². The first-order chi connectivity index (χ1) is 11.4. The molecule has 1 unspecified atom stereocenters. The van der Waals surface area contributed by atoms with Crippen LogP contribution in [-0.4, -0.2) is 34.2 Å². The molecule has 1 aliphatic carbocycles. The molecule has 2 aromatic rings. The number of rotatable bonds is 4. The predicted molar refractivity (Wildman–Crippen MR) is 91.2 cm³/mol. The second-order valence-corrected chi connectivity index (χ2v) is 10.1. The molecule has 0 aromatic carbocycles. The predicted octanol–water partition coefficient (Wildman–Crippen LogP) is 2.29. The average Bonchev–Trinajstić information content (AvgIpc) is 3.24.